The number of benzene rings is 1. The van der Waals surface area contributed by atoms with Gasteiger partial charge in [0.2, 0.25) is 11.7 Å². The molecule has 1 aliphatic rings. The van der Waals surface area contributed by atoms with Gasteiger partial charge in [-0.3, -0.25) is 0 Å². The Kier molecular flexibility index (Phi) is 4.72. The van der Waals surface area contributed by atoms with E-state index >= 15 is 0 Å². The summed E-state index contributed by atoms with van der Waals surface area (Å²) in [5.74, 6) is 0.820. The molecule has 1 atom stereocenters. The molecule has 0 N–H and O–H groups in total. The Balaban J connectivity index is 1.64. The molecule has 4 rings (SSSR count). The molecule has 3 aromatic rings. The van der Waals surface area contributed by atoms with Crippen LogP contribution in [0, 0.1) is 6.92 Å². The number of thiophene rings is 1. The van der Waals surface area contributed by atoms with Gasteiger partial charge in [-0.15, -0.1) is 11.3 Å². The minimum atomic E-state index is -3.58. The Labute approximate surface area is 164 Å². The molecular weight excluding hydrogens is 438 g/mol. The number of aromatic nitrogens is 2. The van der Waals surface area contributed by atoms with Crippen LogP contribution < -0.4 is 0 Å². The third-order valence-corrected chi connectivity index (χ3v) is 8.35. The second kappa shape index (κ2) is 6.88. The van der Waals surface area contributed by atoms with E-state index in [0.717, 1.165) is 21.3 Å². The van der Waals surface area contributed by atoms with Gasteiger partial charge in [0.15, 0.2) is 0 Å². The van der Waals surface area contributed by atoms with Crippen LogP contribution in [0.15, 0.2) is 48.9 Å². The molecule has 136 valence electrons. The minimum Gasteiger partial charge on any atom is -0.337 e. The number of rotatable bonds is 4. The van der Waals surface area contributed by atoms with Gasteiger partial charge in [0.05, 0.1) is 3.79 Å². The van der Waals surface area contributed by atoms with Crippen LogP contribution in [0.1, 0.15) is 30.3 Å². The summed E-state index contributed by atoms with van der Waals surface area (Å²) in [5.41, 5.74) is 1.99. The average Bonchev–Trinajstić information content (AvgIpc) is 3.35. The number of hydrogen-bond donors (Lipinski definition) is 0. The summed E-state index contributed by atoms with van der Waals surface area (Å²) in [6.07, 6.45) is 1.43. The summed E-state index contributed by atoms with van der Waals surface area (Å²) in [5, 5.41) is 4.04. The van der Waals surface area contributed by atoms with E-state index in [2.05, 4.69) is 26.1 Å². The third-order valence-electron chi connectivity index (χ3n) is 4.35. The summed E-state index contributed by atoms with van der Waals surface area (Å²) in [4.78, 5) is 4.47. The van der Waals surface area contributed by atoms with Crippen LogP contribution in [0.2, 0.25) is 0 Å². The highest BCUT2D eigenvalue weighted by Gasteiger charge is 2.40. The van der Waals surface area contributed by atoms with Gasteiger partial charge < -0.3 is 4.52 Å². The predicted octanol–water partition coefficient (Wildman–Crippen LogP) is 4.39. The lowest BCUT2D eigenvalue weighted by atomic mass is 10.1. The number of nitrogens with zero attached hydrogens (tertiary/aromatic N) is 3. The standard InChI is InChI=1S/C17H16BrN3O3S2/c1-11-4-6-12(7-5-11)16-19-17(24-20-16)13-3-2-10-21(13)26(22,23)15-9-8-14(18)25-15/h4-9,13H,2-3,10H2,1H3. The maximum Gasteiger partial charge on any atom is 0.253 e. The van der Waals surface area contributed by atoms with Crippen molar-refractivity contribution in [1.29, 1.82) is 0 Å². The molecule has 9 heteroatoms. The summed E-state index contributed by atoms with van der Waals surface area (Å²) < 4.78 is 33.9. The van der Waals surface area contributed by atoms with Gasteiger partial charge in [0.1, 0.15) is 10.3 Å². The molecule has 1 saturated heterocycles. The van der Waals surface area contributed by atoms with Crippen molar-refractivity contribution in [3.8, 4) is 11.4 Å². The topological polar surface area (TPSA) is 76.3 Å². The lowest BCUT2D eigenvalue weighted by molar-refractivity contribution is 0.291. The van der Waals surface area contributed by atoms with Gasteiger partial charge in [-0.25, -0.2) is 8.42 Å². The highest BCUT2D eigenvalue weighted by molar-refractivity contribution is 9.11. The maximum atomic E-state index is 13.0. The number of halogens is 1. The zero-order valence-electron chi connectivity index (χ0n) is 13.9. The van der Waals surface area contributed by atoms with Gasteiger partial charge >= 0.3 is 0 Å². The molecule has 0 aliphatic carbocycles. The molecule has 1 fully saturated rings. The second-order valence-corrected chi connectivity index (χ2v) is 10.7. The summed E-state index contributed by atoms with van der Waals surface area (Å²) in [6.45, 7) is 2.46. The first kappa shape index (κ1) is 17.8. The first-order valence-corrected chi connectivity index (χ1v) is 11.2. The van der Waals surface area contributed by atoms with E-state index in [4.69, 9.17) is 4.52 Å². The molecule has 0 saturated carbocycles. The smallest absolute Gasteiger partial charge is 0.253 e. The van der Waals surface area contributed by atoms with E-state index < -0.39 is 16.1 Å². The summed E-state index contributed by atoms with van der Waals surface area (Å²) >= 11 is 4.52. The lowest BCUT2D eigenvalue weighted by Gasteiger charge is -2.20. The Bertz CT molecular complexity index is 1030. The van der Waals surface area contributed by atoms with Gasteiger partial charge in [-0.2, -0.15) is 9.29 Å². The molecular formula is C17H16BrN3O3S2. The minimum absolute atomic E-state index is 0.314. The van der Waals surface area contributed by atoms with E-state index in [1.165, 1.54) is 15.6 Å². The molecule has 0 radical (unpaired) electrons. The van der Waals surface area contributed by atoms with Crippen LogP contribution in [-0.2, 0) is 10.0 Å². The van der Waals surface area contributed by atoms with Crippen molar-refractivity contribution in [2.75, 3.05) is 6.54 Å². The Morgan fingerprint density at radius 1 is 1.23 bits per heavy atom. The molecule has 1 aliphatic heterocycles. The van der Waals surface area contributed by atoms with Crippen LogP contribution in [-0.4, -0.2) is 29.4 Å². The van der Waals surface area contributed by atoms with Crippen molar-refractivity contribution in [3.63, 3.8) is 0 Å². The Morgan fingerprint density at radius 2 is 2.00 bits per heavy atom. The molecule has 0 amide bonds. The molecule has 26 heavy (non-hydrogen) atoms. The largest absolute Gasteiger partial charge is 0.337 e. The molecule has 1 unspecified atom stereocenters. The Morgan fingerprint density at radius 3 is 2.69 bits per heavy atom. The van der Waals surface area contributed by atoms with E-state index in [9.17, 15) is 8.42 Å². The third kappa shape index (κ3) is 3.24. The zero-order chi connectivity index (χ0) is 18.3. The lowest BCUT2D eigenvalue weighted by Crippen LogP contribution is -2.30. The maximum absolute atomic E-state index is 13.0. The molecule has 6 nitrogen and oxygen atoms in total. The van der Waals surface area contributed by atoms with Crippen molar-refractivity contribution in [2.45, 2.75) is 30.0 Å². The summed E-state index contributed by atoms with van der Waals surface area (Å²) in [7, 11) is -3.58. The molecule has 1 aromatic carbocycles. The van der Waals surface area contributed by atoms with Crippen molar-refractivity contribution in [1.82, 2.24) is 14.4 Å². The number of hydrogen-bond acceptors (Lipinski definition) is 6. The quantitative estimate of drug-likeness (QED) is 0.584. The Hall–Kier alpha value is -1.55. The van der Waals surface area contributed by atoms with E-state index in [0.29, 0.717) is 28.9 Å². The SMILES string of the molecule is Cc1ccc(-c2noc(C3CCCN3S(=O)(=O)c3ccc(Br)s3)n2)cc1. The van der Waals surface area contributed by atoms with Crippen LogP contribution in [0.4, 0.5) is 0 Å². The monoisotopic (exact) mass is 453 g/mol. The van der Waals surface area contributed by atoms with Crippen LogP contribution in [0.5, 0.6) is 0 Å². The van der Waals surface area contributed by atoms with Crippen LogP contribution in [0.25, 0.3) is 11.4 Å². The van der Waals surface area contributed by atoms with Gasteiger partial charge in [0, 0.05) is 12.1 Å². The first-order chi connectivity index (χ1) is 12.4. The molecule has 0 spiro atoms. The first-order valence-electron chi connectivity index (χ1n) is 8.13. The van der Waals surface area contributed by atoms with Gasteiger partial charge in [0.25, 0.3) is 10.0 Å². The van der Waals surface area contributed by atoms with Crippen molar-refractivity contribution in [3.05, 3.63) is 51.6 Å². The average molecular weight is 454 g/mol. The number of aryl methyl sites for hydroxylation is 1. The fourth-order valence-corrected chi connectivity index (χ4v) is 6.81. The van der Waals surface area contributed by atoms with Crippen LogP contribution in [0.3, 0.4) is 0 Å². The second-order valence-electron chi connectivity index (χ2n) is 6.15. The highest BCUT2D eigenvalue weighted by Crippen LogP contribution is 2.38. The fourth-order valence-electron chi connectivity index (χ4n) is 3.02. The zero-order valence-corrected chi connectivity index (χ0v) is 17.1. The highest BCUT2D eigenvalue weighted by atomic mass is 79.9. The van der Waals surface area contributed by atoms with Crippen molar-refractivity contribution in [2.24, 2.45) is 0 Å². The van der Waals surface area contributed by atoms with Gasteiger partial charge in [-0.1, -0.05) is 35.0 Å². The normalized spacial score (nSPS) is 18.5. The molecule has 0 bridgehead atoms. The van der Waals surface area contributed by atoms with E-state index in [1.807, 2.05) is 31.2 Å². The van der Waals surface area contributed by atoms with Crippen molar-refractivity contribution >= 4 is 37.3 Å². The van der Waals surface area contributed by atoms with Crippen LogP contribution >= 0.6 is 27.3 Å². The number of sulfonamides is 1. The summed E-state index contributed by atoms with van der Waals surface area (Å²) in [6, 6.07) is 10.7. The van der Waals surface area contributed by atoms with E-state index in [1.54, 1.807) is 12.1 Å². The molecule has 3 heterocycles. The predicted molar refractivity (Wildman–Crippen MR) is 102 cm³/mol. The van der Waals surface area contributed by atoms with Gasteiger partial charge in [-0.05, 0) is 47.8 Å². The fraction of sp³-hybridized carbons (Fsp3) is 0.294. The van der Waals surface area contributed by atoms with Crippen molar-refractivity contribution < 1.29 is 12.9 Å². The molecule has 2 aromatic heterocycles. The van der Waals surface area contributed by atoms with E-state index in [-0.39, 0.29) is 0 Å².